The highest BCUT2D eigenvalue weighted by atomic mass is 15.0. The summed E-state index contributed by atoms with van der Waals surface area (Å²) < 4.78 is 4.66. The third-order valence-electron chi connectivity index (χ3n) is 6.40. The third-order valence-corrected chi connectivity index (χ3v) is 6.40. The molecule has 2 aromatic heterocycles. The molecule has 0 N–H and O–H groups in total. The van der Waals surface area contributed by atoms with E-state index in [4.69, 9.17) is 6.42 Å². The van der Waals surface area contributed by atoms with Crippen LogP contribution >= 0.6 is 0 Å². The number of fused-ring (bicyclic) bond motifs is 2. The van der Waals surface area contributed by atoms with Crippen LogP contribution in [-0.2, 0) is 0 Å². The summed E-state index contributed by atoms with van der Waals surface area (Å²) in [5, 5.41) is 2.38. The Bertz CT molecular complexity index is 1620. The lowest BCUT2D eigenvalue weighted by Gasteiger charge is -2.10. The highest BCUT2D eigenvalue weighted by Crippen LogP contribution is 2.38. The fourth-order valence-electron chi connectivity index (χ4n) is 4.91. The Hall–Kier alpha value is -4.48. The number of aromatic nitrogens is 2. The maximum atomic E-state index is 5.59. The van der Waals surface area contributed by atoms with E-state index in [1.54, 1.807) is 6.08 Å². The van der Waals surface area contributed by atoms with Crippen LogP contribution in [0.3, 0.4) is 0 Å². The molecule has 0 bridgehead atoms. The predicted molar refractivity (Wildman–Crippen MR) is 147 cm³/mol. The fourth-order valence-corrected chi connectivity index (χ4v) is 4.91. The van der Waals surface area contributed by atoms with Gasteiger partial charge < -0.3 is 9.13 Å². The molecule has 34 heavy (non-hydrogen) atoms. The van der Waals surface area contributed by atoms with Crippen molar-refractivity contribution in [3.8, 4) is 23.7 Å². The van der Waals surface area contributed by atoms with Crippen molar-refractivity contribution in [3.05, 3.63) is 120 Å². The number of terminal acetylenes is 1. The summed E-state index contributed by atoms with van der Waals surface area (Å²) in [6.45, 7) is 8.21. The van der Waals surface area contributed by atoms with E-state index in [2.05, 4.69) is 102 Å². The van der Waals surface area contributed by atoms with Crippen molar-refractivity contribution in [3.63, 3.8) is 0 Å². The van der Waals surface area contributed by atoms with Crippen LogP contribution in [0.1, 0.15) is 22.5 Å². The molecule has 0 saturated heterocycles. The van der Waals surface area contributed by atoms with Crippen LogP contribution in [0.5, 0.6) is 0 Å². The average molecular weight is 439 g/mol. The molecular weight excluding hydrogens is 412 g/mol. The largest absolute Gasteiger partial charge is 0.313 e. The van der Waals surface area contributed by atoms with Crippen LogP contribution in [0.25, 0.3) is 45.3 Å². The normalized spacial score (nSPS) is 11.7. The first-order valence-electron chi connectivity index (χ1n) is 11.4. The molecule has 0 atom stereocenters. The lowest BCUT2D eigenvalue weighted by Crippen LogP contribution is -1.96. The summed E-state index contributed by atoms with van der Waals surface area (Å²) in [5.41, 5.74) is 9.28. The predicted octanol–water partition coefficient (Wildman–Crippen LogP) is 8.04. The number of para-hydroxylation sites is 2. The number of nitrogens with zero attached hydrogens (tertiary/aromatic N) is 2. The molecule has 2 heteroatoms. The summed E-state index contributed by atoms with van der Waals surface area (Å²) in [7, 11) is 0. The van der Waals surface area contributed by atoms with Crippen molar-refractivity contribution in [2.24, 2.45) is 0 Å². The van der Waals surface area contributed by atoms with Gasteiger partial charge in [0.05, 0.1) is 11.0 Å². The van der Waals surface area contributed by atoms with Crippen LogP contribution < -0.4 is 0 Å². The SMILES string of the molecule is C#C/C=C\c1c(C)n(-c2ccccc2)c2cc3c(/C=C\C=C)c(C)n(-c4ccccc4)c3cc12. The number of rotatable bonds is 5. The average Bonchev–Trinajstić information content (AvgIpc) is 3.29. The first-order chi connectivity index (χ1) is 16.7. The molecule has 3 aromatic carbocycles. The molecular formula is C32H26N2. The molecule has 2 nitrogen and oxygen atoms in total. The lowest BCUT2D eigenvalue weighted by molar-refractivity contribution is 1.05. The minimum atomic E-state index is 1.13. The highest BCUT2D eigenvalue weighted by Gasteiger charge is 2.19. The molecule has 0 spiro atoms. The van der Waals surface area contributed by atoms with Gasteiger partial charge in [0, 0.05) is 44.7 Å². The van der Waals surface area contributed by atoms with E-state index in [0.29, 0.717) is 0 Å². The topological polar surface area (TPSA) is 9.86 Å². The number of hydrogen-bond donors (Lipinski definition) is 0. The number of allylic oxidation sites excluding steroid dienone is 3. The maximum Gasteiger partial charge on any atom is 0.0545 e. The minimum absolute atomic E-state index is 1.13. The van der Waals surface area contributed by atoms with Crippen molar-refractivity contribution < 1.29 is 0 Å². The first kappa shape index (κ1) is 21.4. The maximum absolute atomic E-state index is 5.59. The van der Waals surface area contributed by atoms with E-state index in [1.165, 1.54) is 27.5 Å². The van der Waals surface area contributed by atoms with Crippen molar-refractivity contribution in [1.29, 1.82) is 0 Å². The summed E-state index contributed by atoms with van der Waals surface area (Å²) in [5.74, 6) is 2.65. The van der Waals surface area contributed by atoms with Crippen molar-refractivity contribution in [1.82, 2.24) is 9.13 Å². The molecule has 0 aliphatic heterocycles. The van der Waals surface area contributed by atoms with Crippen molar-refractivity contribution in [2.45, 2.75) is 13.8 Å². The van der Waals surface area contributed by atoms with Crippen molar-refractivity contribution >= 4 is 34.0 Å². The van der Waals surface area contributed by atoms with Crippen LogP contribution in [0, 0.1) is 26.2 Å². The van der Waals surface area contributed by atoms with E-state index in [-0.39, 0.29) is 0 Å². The Kier molecular flexibility index (Phi) is 5.54. The van der Waals surface area contributed by atoms with Crippen LogP contribution in [0.2, 0.25) is 0 Å². The Morgan fingerprint density at radius 3 is 1.65 bits per heavy atom. The molecule has 0 amide bonds. The van der Waals surface area contributed by atoms with Gasteiger partial charge in [0.15, 0.2) is 0 Å². The van der Waals surface area contributed by atoms with Gasteiger partial charge in [-0.05, 0) is 62.4 Å². The monoisotopic (exact) mass is 438 g/mol. The zero-order chi connectivity index (χ0) is 23.7. The number of benzene rings is 3. The van der Waals surface area contributed by atoms with Gasteiger partial charge in [-0.2, -0.15) is 0 Å². The Morgan fingerprint density at radius 2 is 1.21 bits per heavy atom. The van der Waals surface area contributed by atoms with E-state index in [9.17, 15) is 0 Å². The van der Waals surface area contributed by atoms with Gasteiger partial charge in [-0.25, -0.2) is 0 Å². The molecule has 5 rings (SSSR count). The highest BCUT2D eigenvalue weighted by molar-refractivity contribution is 6.05. The number of hydrogen-bond acceptors (Lipinski definition) is 0. The molecule has 0 fully saturated rings. The fraction of sp³-hybridized carbons (Fsp3) is 0.0625. The van der Waals surface area contributed by atoms with E-state index in [1.807, 2.05) is 30.4 Å². The summed E-state index contributed by atoms with van der Waals surface area (Å²) >= 11 is 0. The van der Waals surface area contributed by atoms with Gasteiger partial charge >= 0.3 is 0 Å². The minimum Gasteiger partial charge on any atom is -0.313 e. The third kappa shape index (κ3) is 3.39. The van der Waals surface area contributed by atoms with Crippen LogP contribution in [0.15, 0.2) is 97.6 Å². The van der Waals surface area contributed by atoms with Gasteiger partial charge in [0.25, 0.3) is 0 Å². The Labute approximate surface area is 200 Å². The summed E-state index contributed by atoms with van der Waals surface area (Å²) in [4.78, 5) is 0. The molecule has 5 aromatic rings. The Balaban J connectivity index is 1.95. The smallest absolute Gasteiger partial charge is 0.0545 e. The van der Waals surface area contributed by atoms with Crippen molar-refractivity contribution in [2.75, 3.05) is 0 Å². The molecule has 2 heterocycles. The Morgan fingerprint density at radius 1 is 0.735 bits per heavy atom. The van der Waals surface area contributed by atoms with Gasteiger partial charge in [0.1, 0.15) is 0 Å². The summed E-state index contributed by atoms with van der Waals surface area (Å²) in [6.07, 6.45) is 15.4. The second kappa shape index (κ2) is 8.81. The van der Waals surface area contributed by atoms with Crippen LogP contribution in [-0.4, -0.2) is 9.13 Å². The van der Waals surface area contributed by atoms with E-state index in [0.717, 1.165) is 28.1 Å². The summed E-state index contributed by atoms with van der Waals surface area (Å²) in [6, 6.07) is 25.6. The standard InChI is InChI=1S/C32H26N2/c1-5-7-19-27-23(3)33(25-15-11-9-12-16-25)31-22-30-28(20-8-6-2)24(4)34(32(30)21-29(27)31)26-17-13-10-14-18-26/h1,6-22H,2H2,3-4H3/b19-7-,20-8-. The second-order valence-electron chi connectivity index (χ2n) is 8.32. The molecule has 0 saturated carbocycles. The molecule has 164 valence electrons. The van der Waals surface area contributed by atoms with Gasteiger partial charge in [-0.1, -0.05) is 67.1 Å². The zero-order valence-electron chi connectivity index (χ0n) is 19.5. The molecule has 0 unspecified atom stereocenters. The van der Waals surface area contributed by atoms with Gasteiger partial charge in [0.2, 0.25) is 0 Å². The van der Waals surface area contributed by atoms with E-state index >= 15 is 0 Å². The first-order valence-corrected chi connectivity index (χ1v) is 11.4. The van der Waals surface area contributed by atoms with Gasteiger partial charge in [-0.3, -0.25) is 0 Å². The lowest BCUT2D eigenvalue weighted by atomic mass is 10.1. The quantitative estimate of drug-likeness (QED) is 0.194. The molecule has 0 aliphatic rings. The van der Waals surface area contributed by atoms with E-state index < -0.39 is 0 Å². The van der Waals surface area contributed by atoms with Crippen LogP contribution in [0.4, 0.5) is 0 Å². The zero-order valence-corrected chi connectivity index (χ0v) is 19.5. The van der Waals surface area contributed by atoms with Gasteiger partial charge in [-0.15, -0.1) is 6.42 Å². The molecule has 0 aliphatic carbocycles. The second-order valence-corrected chi connectivity index (χ2v) is 8.32. The molecule has 0 radical (unpaired) electrons.